The van der Waals surface area contributed by atoms with E-state index < -0.39 is 5.60 Å². The predicted octanol–water partition coefficient (Wildman–Crippen LogP) is 4.57. The number of anilines is 1. The van der Waals surface area contributed by atoms with E-state index in [1.165, 1.54) is 0 Å². The molecule has 1 amide bonds. The van der Waals surface area contributed by atoms with Crippen molar-refractivity contribution in [3.8, 4) is 11.5 Å². The van der Waals surface area contributed by atoms with E-state index in [-0.39, 0.29) is 5.91 Å². The molecule has 3 rings (SSSR count). The number of carbonyl (C=O) groups is 1. The zero-order valence-corrected chi connectivity index (χ0v) is 16.5. The third-order valence-electron chi connectivity index (χ3n) is 3.32. The summed E-state index contributed by atoms with van der Waals surface area (Å²) in [4.78, 5) is 12.6. The van der Waals surface area contributed by atoms with Gasteiger partial charge in [-0.2, -0.15) is 0 Å². The molecule has 0 fully saturated rings. The van der Waals surface area contributed by atoms with Gasteiger partial charge in [-0.1, -0.05) is 45.5 Å². The summed E-state index contributed by atoms with van der Waals surface area (Å²) in [5.74, 6) is 0.671. The number of halogens is 1. The summed E-state index contributed by atoms with van der Waals surface area (Å²) in [5, 5.41) is 21.2. The summed E-state index contributed by atoms with van der Waals surface area (Å²) in [7, 11) is 0. The number of para-hydroxylation sites is 1. The molecule has 0 saturated carbocycles. The van der Waals surface area contributed by atoms with Gasteiger partial charge in [-0.25, -0.2) is 0 Å². The van der Waals surface area contributed by atoms with Gasteiger partial charge in [0.2, 0.25) is 5.13 Å². The van der Waals surface area contributed by atoms with Crippen molar-refractivity contribution in [2.75, 3.05) is 5.32 Å². The van der Waals surface area contributed by atoms with E-state index in [1.54, 1.807) is 44.2 Å². The molecule has 1 aromatic heterocycles. The van der Waals surface area contributed by atoms with Gasteiger partial charge in [0.1, 0.15) is 22.1 Å². The first kappa shape index (κ1) is 18.5. The quantitative estimate of drug-likeness (QED) is 0.615. The molecule has 0 radical (unpaired) electrons. The van der Waals surface area contributed by atoms with E-state index in [4.69, 9.17) is 4.74 Å². The molecule has 8 heteroatoms. The lowest BCUT2D eigenvalue weighted by molar-refractivity contribution is 0.0775. The van der Waals surface area contributed by atoms with Crippen LogP contribution in [-0.2, 0) is 5.60 Å². The van der Waals surface area contributed by atoms with Crippen LogP contribution in [0.2, 0.25) is 0 Å². The summed E-state index contributed by atoms with van der Waals surface area (Å²) < 4.78 is 6.72. The Morgan fingerprint density at radius 3 is 2.65 bits per heavy atom. The molecular weight excluding hydrogens is 418 g/mol. The number of hydrogen-bond acceptors (Lipinski definition) is 6. The normalized spacial score (nSPS) is 11.2. The molecule has 0 spiro atoms. The fourth-order valence-electron chi connectivity index (χ4n) is 2.09. The first-order valence-electron chi connectivity index (χ1n) is 7.73. The van der Waals surface area contributed by atoms with Crippen molar-refractivity contribution in [2.45, 2.75) is 19.4 Å². The van der Waals surface area contributed by atoms with Gasteiger partial charge in [0.25, 0.3) is 5.91 Å². The largest absolute Gasteiger partial charge is 0.456 e. The minimum atomic E-state index is -1.11. The molecule has 1 heterocycles. The monoisotopic (exact) mass is 433 g/mol. The van der Waals surface area contributed by atoms with Crippen LogP contribution < -0.4 is 10.1 Å². The second kappa shape index (κ2) is 7.53. The predicted molar refractivity (Wildman–Crippen MR) is 104 cm³/mol. The second-order valence-electron chi connectivity index (χ2n) is 5.98. The molecule has 134 valence electrons. The molecule has 0 aliphatic carbocycles. The third kappa shape index (κ3) is 4.46. The molecular formula is C18H16BrN3O3S. The molecule has 0 aliphatic rings. The average Bonchev–Trinajstić information content (AvgIpc) is 3.04. The molecule has 0 aliphatic heterocycles. The fraction of sp³-hybridized carbons (Fsp3) is 0.167. The van der Waals surface area contributed by atoms with Crippen molar-refractivity contribution in [1.82, 2.24) is 10.2 Å². The summed E-state index contributed by atoms with van der Waals surface area (Å²) in [6.07, 6.45) is 0. The van der Waals surface area contributed by atoms with Crippen molar-refractivity contribution in [3.05, 3.63) is 63.6 Å². The Morgan fingerprint density at radius 2 is 1.96 bits per heavy atom. The highest BCUT2D eigenvalue weighted by Gasteiger charge is 2.23. The molecule has 2 aromatic carbocycles. The molecule has 3 aromatic rings. The summed E-state index contributed by atoms with van der Waals surface area (Å²) in [5.41, 5.74) is -0.741. The van der Waals surface area contributed by atoms with Crippen molar-refractivity contribution in [2.24, 2.45) is 0 Å². The number of aromatic nitrogens is 2. The Bertz CT molecular complexity index is 937. The van der Waals surface area contributed by atoms with Gasteiger partial charge in [-0.15, -0.1) is 10.2 Å². The number of benzene rings is 2. The molecule has 0 atom stereocenters. The maximum atomic E-state index is 12.6. The Labute approximate surface area is 163 Å². The van der Waals surface area contributed by atoms with Gasteiger partial charge < -0.3 is 9.84 Å². The van der Waals surface area contributed by atoms with E-state index in [1.807, 2.05) is 18.2 Å². The van der Waals surface area contributed by atoms with Crippen molar-refractivity contribution >= 4 is 38.3 Å². The lowest BCUT2D eigenvalue weighted by atomic mass is 10.2. The Hall–Kier alpha value is -2.29. The highest BCUT2D eigenvalue weighted by Crippen LogP contribution is 2.29. The van der Waals surface area contributed by atoms with Crippen molar-refractivity contribution in [3.63, 3.8) is 0 Å². The van der Waals surface area contributed by atoms with Gasteiger partial charge in [-0.3, -0.25) is 10.1 Å². The van der Waals surface area contributed by atoms with E-state index in [0.717, 1.165) is 15.8 Å². The molecule has 0 unspecified atom stereocenters. The van der Waals surface area contributed by atoms with Gasteiger partial charge in [0.15, 0.2) is 0 Å². The molecule has 6 nitrogen and oxygen atoms in total. The highest BCUT2D eigenvalue weighted by molar-refractivity contribution is 9.10. The van der Waals surface area contributed by atoms with Gasteiger partial charge >= 0.3 is 0 Å². The van der Waals surface area contributed by atoms with Crippen LogP contribution in [-0.4, -0.2) is 21.2 Å². The Balaban J connectivity index is 1.81. The van der Waals surface area contributed by atoms with Gasteiger partial charge in [0.05, 0.1) is 5.56 Å². The maximum absolute atomic E-state index is 12.6. The molecule has 26 heavy (non-hydrogen) atoms. The smallest absolute Gasteiger partial charge is 0.261 e. The van der Waals surface area contributed by atoms with Gasteiger partial charge in [0, 0.05) is 4.47 Å². The zero-order valence-electron chi connectivity index (χ0n) is 14.1. The molecule has 2 N–H and O–H groups in total. The van der Waals surface area contributed by atoms with Crippen LogP contribution in [0.3, 0.4) is 0 Å². The summed E-state index contributed by atoms with van der Waals surface area (Å²) in [6.45, 7) is 3.22. The van der Waals surface area contributed by atoms with Crippen LogP contribution in [0, 0.1) is 0 Å². The number of nitrogens with one attached hydrogen (secondary N) is 1. The first-order valence-corrected chi connectivity index (χ1v) is 9.34. The van der Waals surface area contributed by atoms with Crippen LogP contribution >= 0.6 is 27.3 Å². The topological polar surface area (TPSA) is 84.3 Å². The van der Waals surface area contributed by atoms with Crippen molar-refractivity contribution < 1.29 is 14.6 Å². The number of hydrogen-bond donors (Lipinski definition) is 2. The van der Waals surface area contributed by atoms with Gasteiger partial charge in [-0.05, 0) is 44.2 Å². The number of rotatable bonds is 5. The standard InChI is InChI=1S/C18H16BrN3O3S/c1-18(2,24)16-21-22-17(26-16)20-15(23)13-8-3-4-9-14(13)25-12-7-5-6-11(19)10-12/h3-10,24H,1-2H3,(H,20,22,23). The van der Waals surface area contributed by atoms with Crippen LogP contribution in [0.4, 0.5) is 5.13 Å². The maximum Gasteiger partial charge on any atom is 0.261 e. The minimum Gasteiger partial charge on any atom is -0.456 e. The van der Waals surface area contributed by atoms with E-state index >= 15 is 0 Å². The van der Waals surface area contributed by atoms with E-state index in [2.05, 4.69) is 31.4 Å². The molecule has 0 bridgehead atoms. The SMILES string of the molecule is CC(C)(O)c1nnc(NC(=O)c2ccccc2Oc2cccc(Br)c2)s1. The zero-order chi connectivity index (χ0) is 18.7. The lowest BCUT2D eigenvalue weighted by Gasteiger charge is -2.11. The van der Waals surface area contributed by atoms with E-state index in [0.29, 0.717) is 27.2 Å². The highest BCUT2D eigenvalue weighted by atomic mass is 79.9. The second-order valence-corrected chi connectivity index (χ2v) is 7.87. The number of nitrogens with zero attached hydrogens (tertiary/aromatic N) is 2. The van der Waals surface area contributed by atoms with Crippen LogP contribution in [0.25, 0.3) is 0 Å². The third-order valence-corrected chi connectivity index (χ3v) is 4.97. The Kier molecular flexibility index (Phi) is 5.36. The van der Waals surface area contributed by atoms with Crippen molar-refractivity contribution in [1.29, 1.82) is 0 Å². The average molecular weight is 434 g/mol. The Morgan fingerprint density at radius 1 is 1.19 bits per heavy atom. The molecule has 0 saturated heterocycles. The summed E-state index contributed by atoms with van der Waals surface area (Å²) >= 11 is 4.52. The summed E-state index contributed by atoms with van der Waals surface area (Å²) in [6, 6.07) is 14.3. The van der Waals surface area contributed by atoms with E-state index in [9.17, 15) is 9.90 Å². The number of amides is 1. The number of aliphatic hydroxyl groups is 1. The minimum absolute atomic E-state index is 0.310. The van der Waals surface area contributed by atoms with Crippen LogP contribution in [0.1, 0.15) is 29.2 Å². The first-order chi connectivity index (χ1) is 12.3. The fourth-order valence-corrected chi connectivity index (χ4v) is 3.20. The number of carbonyl (C=O) groups excluding carboxylic acids is 1. The van der Waals surface area contributed by atoms with Crippen LogP contribution in [0.15, 0.2) is 53.0 Å². The number of ether oxygens (including phenoxy) is 1. The van der Waals surface area contributed by atoms with Crippen LogP contribution in [0.5, 0.6) is 11.5 Å². The lowest BCUT2D eigenvalue weighted by Crippen LogP contribution is -2.14.